The molecule has 2 aromatic heterocycles. The lowest BCUT2D eigenvalue weighted by Crippen LogP contribution is -2.13. The van der Waals surface area contributed by atoms with E-state index in [1.165, 1.54) is 13.2 Å². The smallest absolute Gasteiger partial charge is 0.339 e. The molecule has 0 fully saturated rings. The summed E-state index contributed by atoms with van der Waals surface area (Å²) in [6, 6.07) is 12.1. The number of hydrogen-bond donors (Lipinski definition) is 0. The topological polar surface area (TPSA) is 61.4 Å². The molecule has 5 nitrogen and oxygen atoms in total. The number of hydrogen-bond acceptors (Lipinski definition) is 4. The summed E-state index contributed by atoms with van der Waals surface area (Å²) >= 11 is 0. The first-order valence-corrected chi connectivity index (χ1v) is 6.46. The van der Waals surface area contributed by atoms with Gasteiger partial charge in [-0.15, -0.1) is 0 Å². The molecular formula is C16H13NO4. The molecule has 0 saturated carbocycles. The van der Waals surface area contributed by atoms with Crippen LogP contribution in [0.4, 0.5) is 0 Å². The van der Waals surface area contributed by atoms with Crippen molar-refractivity contribution in [2.45, 2.75) is 13.7 Å². The van der Waals surface area contributed by atoms with Gasteiger partial charge in [0.05, 0.1) is 23.0 Å². The average molecular weight is 283 g/mol. The van der Waals surface area contributed by atoms with Gasteiger partial charge in [0, 0.05) is 19.1 Å². The second-order valence-corrected chi connectivity index (χ2v) is 4.61. The number of nitrogens with zero attached hydrogens (tertiary/aromatic N) is 1. The van der Waals surface area contributed by atoms with Gasteiger partial charge in [0.2, 0.25) is 0 Å². The van der Waals surface area contributed by atoms with Crippen LogP contribution in [-0.4, -0.2) is 16.3 Å². The van der Waals surface area contributed by atoms with Gasteiger partial charge in [0.1, 0.15) is 0 Å². The maximum absolute atomic E-state index is 12.0. The molecular weight excluding hydrogens is 270 g/mol. The van der Waals surface area contributed by atoms with Crippen molar-refractivity contribution in [2.24, 2.45) is 0 Å². The molecule has 106 valence electrons. The summed E-state index contributed by atoms with van der Waals surface area (Å²) in [5.41, 5.74) is 2.24. The van der Waals surface area contributed by atoms with E-state index in [0.717, 1.165) is 5.52 Å². The normalized spacial score (nSPS) is 10.7. The second kappa shape index (κ2) is 5.28. The van der Waals surface area contributed by atoms with E-state index < -0.39 is 5.97 Å². The minimum absolute atomic E-state index is 0.0360. The number of ether oxygens (including phenoxy) is 1. The zero-order chi connectivity index (χ0) is 14.8. The molecule has 0 aliphatic heterocycles. The Morgan fingerprint density at radius 1 is 1.19 bits per heavy atom. The minimum Gasteiger partial charge on any atom is -0.463 e. The van der Waals surface area contributed by atoms with E-state index in [9.17, 15) is 9.59 Å². The number of benzene rings is 1. The molecule has 1 aromatic carbocycles. The first kappa shape index (κ1) is 13.2. The van der Waals surface area contributed by atoms with E-state index >= 15 is 0 Å². The SMILES string of the molecule is CC(=O)c1cc2occc2n1COC(=O)c1ccccc1. The van der Waals surface area contributed by atoms with Crippen molar-refractivity contribution < 1.29 is 18.7 Å². The third-order valence-electron chi connectivity index (χ3n) is 3.22. The van der Waals surface area contributed by atoms with Crippen molar-refractivity contribution in [3.63, 3.8) is 0 Å². The lowest BCUT2D eigenvalue weighted by molar-refractivity contribution is 0.0373. The fourth-order valence-electron chi connectivity index (χ4n) is 2.19. The molecule has 5 heteroatoms. The van der Waals surface area contributed by atoms with E-state index in [2.05, 4.69) is 0 Å². The second-order valence-electron chi connectivity index (χ2n) is 4.61. The van der Waals surface area contributed by atoms with Gasteiger partial charge in [-0.05, 0) is 12.1 Å². The Morgan fingerprint density at radius 2 is 1.95 bits per heavy atom. The van der Waals surface area contributed by atoms with Gasteiger partial charge in [-0.2, -0.15) is 0 Å². The van der Waals surface area contributed by atoms with Crippen molar-refractivity contribution in [1.82, 2.24) is 4.57 Å². The Kier molecular flexibility index (Phi) is 3.31. The predicted octanol–water partition coefficient (Wildman–Crippen LogP) is 3.25. The van der Waals surface area contributed by atoms with Crippen molar-refractivity contribution in [3.8, 4) is 0 Å². The quantitative estimate of drug-likeness (QED) is 0.544. The largest absolute Gasteiger partial charge is 0.463 e. The molecule has 3 aromatic rings. The number of carbonyl (C=O) groups excluding carboxylic acids is 2. The Hall–Kier alpha value is -2.82. The molecule has 2 heterocycles. The fourth-order valence-corrected chi connectivity index (χ4v) is 2.19. The Morgan fingerprint density at radius 3 is 2.67 bits per heavy atom. The Labute approximate surface area is 120 Å². The van der Waals surface area contributed by atoms with Gasteiger partial charge >= 0.3 is 5.97 Å². The number of aromatic nitrogens is 1. The maximum Gasteiger partial charge on any atom is 0.339 e. The van der Waals surface area contributed by atoms with E-state index in [0.29, 0.717) is 16.8 Å². The van der Waals surface area contributed by atoms with Crippen LogP contribution in [0.5, 0.6) is 0 Å². The number of furan rings is 1. The van der Waals surface area contributed by atoms with Gasteiger partial charge in [0.15, 0.2) is 18.1 Å². The van der Waals surface area contributed by atoms with E-state index in [1.54, 1.807) is 41.0 Å². The van der Waals surface area contributed by atoms with Crippen LogP contribution in [0.1, 0.15) is 27.8 Å². The summed E-state index contributed by atoms with van der Waals surface area (Å²) in [7, 11) is 0. The molecule has 0 atom stereocenters. The van der Waals surface area contributed by atoms with E-state index in [1.807, 2.05) is 6.07 Å². The first-order valence-electron chi connectivity index (χ1n) is 6.46. The third kappa shape index (κ3) is 2.45. The van der Waals surface area contributed by atoms with Crippen LogP contribution in [0, 0.1) is 0 Å². The van der Waals surface area contributed by atoms with Crippen LogP contribution in [0.25, 0.3) is 11.1 Å². The average Bonchev–Trinajstić information content (AvgIpc) is 3.06. The molecule has 21 heavy (non-hydrogen) atoms. The molecule has 0 spiro atoms. The van der Waals surface area contributed by atoms with Crippen LogP contribution in [0.15, 0.2) is 53.1 Å². The summed E-state index contributed by atoms with van der Waals surface area (Å²) in [6.07, 6.45) is 1.53. The zero-order valence-corrected chi connectivity index (χ0v) is 11.4. The standard InChI is InChI=1S/C16H13NO4/c1-11(18)14-9-15-13(7-8-20-15)17(14)10-21-16(19)12-5-3-2-4-6-12/h2-9H,10H2,1H3. The van der Waals surface area contributed by atoms with Crippen molar-refractivity contribution in [3.05, 3.63) is 60.0 Å². The lowest BCUT2D eigenvalue weighted by Gasteiger charge is -2.09. The molecule has 0 bridgehead atoms. The van der Waals surface area contributed by atoms with Crippen molar-refractivity contribution in [1.29, 1.82) is 0 Å². The Bertz CT molecular complexity index is 798. The number of esters is 1. The van der Waals surface area contributed by atoms with Gasteiger partial charge in [-0.3, -0.25) is 4.79 Å². The first-order chi connectivity index (χ1) is 10.2. The van der Waals surface area contributed by atoms with Crippen LogP contribution in [-0.2, 0) is 11.5 Å². The van der Waals surface area contributed by atoms with Crippen LogP contribution in [0.2, 0.25) is 0 Å². The molecule has 3 rings (SSSR count). The fraction of sp³-hybridized carbons (Fsp3) is 0.125. The van der Waals surface area contributed by atoms with Crippen LogP contribution >= 0.6 is 0 Å². The van der Waals surface area contributed by atoms with Crippen LogP contribution < -0.4 is 0 Å². The molecule has 0 saturated heterocycles. The lowest BCUT2D eigenvalue weighted by atomic mass is 10.2. The van der Waals surface area contributed by atoms with Crippen molar-refractivity contribution >= 4 is 22.9 Å². The highest BCUT2D eigenvalue weighted by Gasteiger charge is 2.16. The predicted molar refractivity (Wildman–Crippen MR) is 76.1 cm³/mol. The van der Waals surface area contributed by atoms with Gasteiger partial charge < -0.3 is 13.7 Å². The van der Waals surface area contributed by atoms with E-state index in [4.69, 9.17) is 9.15 Å². The summed E-state index contributed by atoms with van der Waals surface area (Å²) < 4.78 is 12.2. The molecule has 0 unspecified atom stereocenters. The highest BCUT2D eigenvalue weighted by atomic mass is 16.5. The summed E-state index contributed by atoms with van der Waals surface area (Å²) in [6.45, 7) is 1.43. The highest BCUT2D eigenvalue weighted by Crippen LogP contribution is 2.21. The number of carbonyl (C=O) groups is 2. The monoisotopic (exact) mass is 283 g/mol. The summed E-state index contributed by atoms with van der Waals surface area (Å²) in [5, 5.41) is 0. The maximum atomic E-state index is 12.0. The number of rotatable bonds is 4. The Balaban J connectivity index is 1.85. The van der Waals surface area contributed by atoms with Gasteiger partial charge in [-0.25, -0.2) is 4.79 Å². The molecule has 0 aliphatic carbocycles. The third-order valence-corrected chi connectivity index (χ3v) is 3.22. The van der Waals surface area contributed by atoms with E-state index in [-0.39, 0.29) is 12.5 Å². The molecule has 0 amide bonds. The van der Waals surface area contributed by atoms with Crippen molar-refractivity contribution in [2.75, 3.05) is 0 Å². The zero-order valence-electron chi connectivity index (χ0n) is 11.4. The van der Waals surface area contributed by atoms with Gasteiger partial charge in [0.25, 0.3) is 0 Å². The minimum atomic E-state index is -0.435. The molecule has 0 aliphatic rings. The summed E-state index contributed by atoms with van der Waals surface area (Å²) in [4.78, 5) is 23.6. The number of Topliss-reactive ketones (excluding diaryl/α,β-unsaturated/α-hetero) is 1. The highest BCUT2D eigenvalue weighted by molar-refractivity contribution is 5.97. The van der Waals surface area contributed by atoms with Crippen LogP contribution in [0.3, 0.4) is 0 Å². The van der Waals surface area contributed by atoms with Gasteiger partial charge in [-0.1, -0.05) is 18.2 Å². The number of ketones is 1. The number of fused-ring (bicyclic) bond motifs is 1. The summed E-state index contributed by atoms with van der Waals surface area (Å²) in [5.74, 6) is -0.549. The molecule has 0 N–H and O–H groups in total. The molecule has 0 radical (unpaired) electrons.